The number of nitrogens with one attached hydrogen (secondary N) is 1. The zero-order chi connectivity index (χ0) is 22.4. The van der Waals surface area contributed by atoms with E-state index in [-0.39, 0.29) is 19.1 Å². The number of anilines is 1. The smallest absolute Gasteiger partial charge is 0.231 e. The molecule has 1 aliphatic carbocycles. The monoisotopic (exact) mass is 455 g/mol. The minimum atomic E-state index is -1.04. The summed E-state index contributed by atoms with van der Waals surface area (Å²) in [7, 11) is 1.76. The molecular weight excluding hydrogens is 430 g/mol. The van der Waals surface area contributed by atoms with Gasteiger partial charge in [-0.25, -0.2) is 0 Å². The SMILES string of the molecule is CN(Cc1ccccc1)C(=O)[C@@H]1C[C@@H](O)[C@H](O)[C@@H]2NC(=S)N(c3ccc4c(c3)OCO4)[C@@H]21. The normalized spacial score (nSPS) is 28.3. The number of ether oxygens (including phenoxy) is 2. The average molecular weight is 456 g/mol. The minimum absolute atomic E-state index is 0.105. The van der Waals surface area contributed by atoms with Crippen LogP contribution in [-0.4, -0.2) is 64.3 Å². The third-order valence-electron chi connectivity index (χ3n) is 6.44. The molecule has 1 amide bonds. The molecule has 0 aromatic heterocycles. The van der Waals surface area contributed by atoms with Gasteiger partial charge in [-0.1, -0.05) is 30.3 Å². The molecule has 32 heavy (non-hydrogen) atoms. The van der Waals surface area contributed by atoms with E-state index in [9.17, 15) is 15.0 Å². The van der Waals surface area contributed by atoms with Gasteiger partial charge in [0.15, 0.2) is 16.6 Å². The number of hydrogen-bond acceptors (Lipinski definition) is 6. The van der Waals surface area contributed by atoms with E-state index in [2.05, 4.69) is 5.32 Å². The predicted molar refractivity (Wildman–Crippen MR) is 121 cm³/mol. The van der Waals surface area contributed by atoms with Crippen molar-refractivity contribution in [3.63, 3.8) is 0 Å². The van der Waals surface area contributed by atoms with Gasteiger partial charge in [0, 0.05) is 25.3 Å². The van der Waals surface area contributed by atoms with Gasteiger partial charge < -0.3 is 34.8 Å². The molecule has 1 saturated heterocycles. The molecule has 3 N–H and O–H groups in total. The summed E-state index contributed by atoms with van der Waals surface area (Å²) in [6.45, 7) is 0.609. The van der Waals surface area contributed by atoms with Gasteiger partial charge in [-0.05, 0) is 36.3 Å². The maximum Gasteiger partial charge on any atom is 0.231 e. The Morgan fingerprint density at radius 1 is 1.19 bits per heavy atom. The number of rotatable bonds is 4. The van der Waals surface area contributed by atoms with E-state index in [4.69, 9.17) is 21.7 Å². The van der Waals surface area contributed by atoms with Gasteiger partial charge in [0.2, 0.25) is 12.7 Å². The summed E-state index contributed by atoms with van der Waals surface area (Å²) in [6.07, 6.45) is -1.92. The Hall–Kier alpha value is -2.88. The molecular formula is C23H25N3O5S. The fourth-order valence-electron chi connectivity index (χ4n) is 4.88. The van der Waals surface area contributed by atoms with Gasteiger partial charge >= 0.3 is 0 Å². The molecule has 0 unspecified atom stereocenters. The molecule has 0 spiro atoms. The van der Waals surface area contributed by atoms with Gasteiger partial charge in [-0.15, -0.1) is 0 Å². The van der Waals surface area contributed by atoms with E-state index >= 15 is 0 Å². The molecule has 5 rings (SSSR count). The Morgan fingerprint density at radius 2 is 1.94 bits per heavy atom. The highest BCUT2D eigenvalue weighted by atomic mass is 32.1. The highest BCUT2D eigenvalue weighted by molar-refractivity contribution is 7.80. The molecule has 168 valence electrons. The highest BCUT2D eigenvalue weighted by Gasteiger charge is 2.54. The summed E-state index contributed by atoms with van der Waals surface area (Å²) in [5, 5.41) is 24.7. The molecule has 2 aromatic carbocycles. The summed E-state index contributed by atoms with van der Waals surface area (Å²) in [4.78, 5) is 17.1. The quantitative estimate of drug-likeness (QED) is 0.593. The third-order valence-corrected chi connectivity index (χ3v) is 6.75. The zero-order valence-corrected chi connectivity index (χ0v) is 18.4. The van der Waals surface area contributed by atoms with E-state index < -0.39 is 30.2 Å². The van der Waals surface area contributed by atoms with Crippen molar-refractivity contribution in [2.45, 2.75) is 37.3 Å². The van der Waals surface area contributed by atoms with Crippen molar-refractivity contribution >= 4 is 28.9 Å². The van der Waals surface area contributed by atoms with Crippen LogP contribution in [0.3, 0.4) is 0 Å². The number of benzene rings is 2. The Morgan fingerprint density at radius 3 is 2.72 bits per heavy atom. The Bertz CT molecular complexity index is 1040. The Balaban J connectivity index is 1.46. The van der Waals surface area contributed by atoms with Crippen LogP contribution in [0.4, 0.5) is 5.69 Å². The van der Waals surface area contributed by atoms with E-state index in [0.29, 0.717) is 23.2 Å². The van der Waals surface area contributed by atoms with Crippen molar-refractivity contribution in [3.05, 3.63) is 54.1 Å². The van der Waals surface area contributed by atoms with Crippen LogP contribution in [0.25, 0.3) is 0 Å². The Labute approximate surface area is 191 Å². The van der Waals surface area contributed by atoms with Crippen LogP contribution < -0.4 is 19.7 Å². The second kappa shape index (κ2) is 8.23. The number of fused-ring (bicyclic) bond motifs is 2. The van der Waals surface area contributed by atoms with E-state index in [1.54, 1.807) is 18.0 Å². The topological polar surface area (TPSA) is 94.5 Å². The molecule has 0 radical (unpaired) electrons. The summed E-state index contributed by atoms with van der Waals surface area (Å²) in [6, 6.07) is 14.2. The molecule has 2 aromatic rings. The lowest BCUT2D eigenvalue weighted by Gasteiger charge is -2.42. The summed E-state index contributed by atoms with van der Waals surface area (Å²) >= 11 is 5.59. The number of thiocarbonyl (C=S) groups is 1. The fourth-order valence-corrected chi connectivity index (χ4v) is 5.24. The van der Waals surface area contributed by atoms with Crippen LogP contribution >= 0.6 is 12.2 Å². The Kier molecular flexibility index (Phi) is 5.40. The van der Waals surface area contributed by atoms with Crippen LogP contribution in [-0.2, 0) is 11.3 Å². The molecule has 0 bridgehead atoms. The van der Waals surface area contributed by atoms with Crippen molar-refractivity contribution in [1.82, 2.24) is 10.2 Å². The minimum Gasteiger partial charge on any atom is -0.454 e. The first-order valence-electron chi connectivity index (χ1n) is 10.6. The van der Waals surface area contributed by atoms with E-state index in [1.807, 2.05) is 47.4 Å². The molecule has 2 fully saturated rings. The maximum atomic E-state index is 13.6. The van der Waals surface area contributed by atoms with Crippen LogP contribution in [0.15, 0.2) is 48.5 Å². The number of nitrogens with zero attached hydrogens (tertiary/aromatic N) is 2. The van der Waals surface area contributed by atoms with Gasteiger partial charge in [0.1, 0.15) is 6.10 Å². The average Bonchev–Trinajstić information content (AvgIpc) is 3.40. The first-order valence-corrected chi connectivity index (χ1v) is 11.0. The van der Waals surface area contributed by atoms with E-state index in [0.717, 1.165) is 11.3 Å². The van der Waals surface area contributed by atoms with Crippen LogP contribution in [0, 0.1) is 5.92 Å². The zero-order valence-electron chi connectivity index (χ0n) is 17.5. The number of aliphatic hydroxyl groups excluding tert-OH is 2. The second-order valence-corrected chi connectivity index (χ2v) is 8.84. The number of hydrogen-bond donors (Lipinski definition) is 3. The molecule has 1 saturated carbocycles. The number of carbonyl (C=O) groups is 1. The lowest BCUT2D eigenvalue weighted by Crippen LogP contribution is -2.61. The van der Waals surface area contributed by atoms with Gasteiger partial charge in [0.25, 0.3) is 0 Å². The standard InChI is InChI=1S/C23H25N3O5S/c1-25(11-13-5-3-2-4-6-13)22(29)15-10-16(27)21(28)19-20(15)26(23(32)24-19)14-7-8-17-18(9-14)31-12-30-17/h2-9,15-16,19-21,27-28H,10-12H2,1H3,(H,24,32)/t15-,16-,19-,20-,21+/m1/s1. The first-order chi connectivity index (χ1) is 15.4. The molecule has 9 heteroatoms. The first kappa shape index (κ1) is 21.0. The van der Waals surface area contributed by atoms with Crippen LogP contribution in [0.5, 0.6) is 11.5 Å². The molecule has 2 aliphatic heterocycles. The van der Waals surface area contributed by atoms with Crippen LogP contribution in [0.2, 0.25) is 0 Å². The van der Waals surface area contributed by atoms with Gasteiger partial charge in [0.05, 0.1) is 24.1 Å². The fraction of sp³-hybridized carbons (Fsp3) is 0.391. The molecule has 5 atom stereocenters. The highest BCUT2D eigenvalue weighted by Crippen LogP contribution is 2.41. The van der Waals surface area contributed by atoms with Crippen molar-refractivity contribution < 1.29 is 24.5 Å². The number of amides is 1. The predicted octanol–water partition coefficient (Wildman–Crippen LogP) is 1.25. The van der Waals surface area contributed by atoms with Crippen molar-refractivity contribution in [2.75, 3.05) is 18.7 Å². The molecule has 3 aliphatic rings. The largest absolute Gasteiger partial charge is 0.454 e. The van der Waals surface area contributed by atoms with E-state index in [1.165, 1.54) is 0 Å². The van der Waals surface area contributed by atoms with Gasteiger partial charge in [-0.2, -0.15) is 0 Å². The number of carbonyl (C=O) groups excluding carboxylic acids is 1. The summed E-state index contributed by atoms with van der Waals surface area (Å²) < 4.78 is 10.9. The molecule has 8 nitrogen and oxygen atoms in total. The van der Waals surface area contributed by atoms with Crippen LogP contribution in [0.1, 0.15) is 12.0 Å². The molecule has 2 heterocycles. The van der Waals surface area contributed by atoms with Gasteiger partial charge in [-0.3, -0.25) is 4.79 Å². The summed E-state index contributed by atoms with van der Waals surface area (Å²) in [5.41, 5.74) is 1.76. The number of aliphatic hydroxyl groups is 2. The van der Waals surface area contributed by atoms with Crippen molar-refractivity contribution in [3.8, 4) is 11.5 Å². The van der Waals surface area contributed by atoms with Crippen molar-refractivity contribution in [2.24, 2.45) is 5.92 Å². The summed E-state index contributed by atoms with van der Waals surface area (Å²) in [5.74, 6) is 0.587. The maximum absolute atomic E-state index is 13.6. The lowest BCUT2D eigenvalue weighted by molar-refractivity contribution is -0.141. The van der Waals surface area contributed by atoms with Crippen molar-refractivity contribution in [1.29, 1.82) is 0 Å². The second-order valence-electron chi connectivity index (χ2n) is 8.45. The lowest BCUT2D eigenvalue weighted by atomic mass is 9.77. The third kappa shape index (κ3) is 3.56.